The number of nitrogen functional groups attached to an aromatic ring is 1. The third-order valence-corrected chi connectivity index (χ3v) is 3.63. The van der Waals surface area contributed by atoms with Gasteiger partial charge in [0.15, 0.2) is 5.84 Å². The minimum Gasteiger partial charge on any atom is -0.384 e. The van der Waals surface area contributed by atoms with Gasteiger partial charge in [-0.1, -0.05) is 12.1 Å². The predicted octanol–water partition coefficient (Wildman–Crippen LogP) is 3.03. The van der Waals surface area contributed by atoms with Crippen LogP contribution in [0.3, 0.4) is 0 Å². The van der Waals surface area contributed by atoms with Gasteiger partial charge in [0.2, 0.25) is 0 Å². The first-order valence-corrected chi connectivity index (χ1v) is 7.10. The molecule has 8 heteroatoms. The van der Waals surface area contributed by atoms with Crippen molar-refractivity contribution < 1.29 is 13.2 Å². The van der Waals surface area contributed by atoms with Crippen molar-refractivity contribution in [3.63, 3.8) is 0 Å². The summed E-state index contributed by atoms with van der Waals surface area (Å²) in [5.41, 5.74) is 5.59. The number of nitrogens with two attached hydrogens (primary N) is 1. The second-order valence-corrected chi connectivity index (χ2v) is 5.33. The van der Waals surface area contributed by atoms with E-state index < -0.39 is 11.7 Å². The number of alkyl halides is 3. The Kier molecular flexibility index (Phi) is 3.96. The van der Waals surface area contributed by atoms with Crippen molar-refractivity contribution in [1.82, 2.24) is 9.88 Å². The van der Waals surface area contributed by atoms with Gasteiger partial charge >= 0.3 is 6.18 Å². The first-order valence-electron chi connectivity index (χ1n) is 7.10. The molecule has 0 atom stereocenters. The van der Waals surface area contributed by atoms with E-state index in [1.54, 1.807) is 24.2 Å². The van der Waals surface area contributed by atoms with Crippen molar-refractivity contribution >= 4 is 17.9 Å². The Morgan fingerprint density at radius 3 is 2.58 bits per heavy atom. The first-order chi connectivity index (χ1) is 11.4. The Morgan fingerprint density at radius 1 is 1.12 bits per heavy atom. The van der Waals surface area contributed by atoms with E-state index >= 15 is 0 Å². The van der Waals surface area contributed by atoms with Crippen LogP contribution in [0.1, 0.15) is 11.1 Å². The fraction of sp³-hybridized carbons (Fsp3) is 0.188. The number of amidine groups is 1. The van der Waals surface area contributed by atoms with E-state index in [0.29, 0.717) is 23.5 Å². The Morgan fingerprint density at radius 2 is 1.92 bits per heavy atom. The molecular formula is C16H14F3N5. The lowest BCUT2D eigenvalue weighted by Gasteiger charge is -2.22. The molecule has 1 aromatic carbocycles. The van der Waals surface area contributed by atoms with Crippen molar-refractivity contribution in [3.05, 3.63) is 47.7 Å². The van der Waals surface area contributed by atoms with Gasteiger partial charge in [0.05, 0.1) is 12.1 Å². The van der Waals surface area contributed by atoms with Gasteiger partial charge in [0.25, 0.3) is 0 Å². The molecule has 0 unspecified atom stereocenters. The van der Waals surface area contributed by atoms with E-state index in [-0.39, 0.29) is 11.4 Å². The Bertz CT molecular complexity index is 827. The molecule has 0 fully saturated rings. The molecule has 1 aliphatic heterocycles. The highest BCUT2D eigenvalue weighted by molar-refractivity contribution is 6.01. The van der Waals surface area contributed by atoms with Crippen LogP contribution in [-0.4, -0.2) is 35.5 Å². The smallest absolute Gasteiger partial charge is 0.384 e. The Labute approximate surface area is 136 Å². The van der Waals surface area contributed by atoms with Gasteiger partial charge in [-0.2, -0.15) is 18.3 Å². The molecule has 2 aromatic rings. The number of aromatic nitrogens is 1. The van der Waals surface area contributed by atoms with Gasteiger partial charge in [-0.3, -0.25) is 0 Å². The molecule has 0 radical (unpaired) electrons. The minimum atomic E-state index is -4.51. The zero-order chi connectivity index (χ0) is 17.3. The number of halogens is 3. The number of pyridine rings is 1. The van der Waals surface area contributed by atoms with Crippen LogP contribution in [0.5, 0.6) is 0 Å². The summed E-state index contributed by atoms with van der Waals surface area (Å²) < 4.78 is 40.6. The first kappa shape index (κ1) is 16.0. The maximum atomic E-state index is 13.5. The molecule has 0 bridgehead atoms. The fourth-order valence-corrected chi connectivity index (χ4v) is 2.48. The topological polar surface area (TPSA) is 66.9 Å². The lowest BCUT2D eigenvalue weighted by Crippen LogP contribution is -2.31. The maximum Gasteiger partial charge on any atom is 0.417 e. The molecule has 2 N–H and O–H groups in total. The van der Waals surface area contributed by atoms with Crippen LogP contribution in [0.2, 0.25) is 0 Å². The molecule has 2 heterocycles. The normalized spacial score (nSPS) is 14.7. The molecule has 1 aromatic heterocycles. The van der Waals surface area contributed by atoms with E-state index in [2.05, 4.69) is 15.2 Å². The van der Waals surface area contributed by atoms with E-state index in [1.807, 2.05) is 0 Å². The standard InChI is InChI=1S/C16H14F3N5/c1-24-7-6-22-23-15(24)11-2-3-12(13(8-11)16(17,18)19)10-4-5-21-14(20)9-10/h2-6,8-9H,7H2,1H3,(H2,20,21). The summed E-state index contributed by atoms with van der Waals surface area (Å²) in [7, 11) is 1.74. The molecule has 0 saturated heterocycles. The molecule has 0 spiro atoms. The van der Waals surface area contributed by atoms with E-state index in [1.165, 1.54) is 24.4 Å². The number of anilines is 1. The number of rotatable bonds is 2. The fourth-order valence-electron chi connectivity index (χ4n) is 2.48. The molecule has 1 aliphatic rings. The largest absolute Gasteiger partial charge is 0.417 e. The maximum absolute atomic E-state index is 13.5. The van der Waals surface area contributed by atoms with Crippen LogP contribution < -0.4 is 5.73 Å². The van der Waals surface area contributed by atoms with Gasteiger partial charge < -0.3 is 10.6 Å². The van der Waals surface area contributed by atoms with Crippen LogP contribution >= 0.6 is 0 Å². The third kappa shape index (κ3) is 3.08. The third-order valence-electron chi connectivity index (χ3n) is 3.63. The van der Waals surface area contributed by atoms with E-state index in [4.69, 9.17) is 5.73 Å². The molecule has 124 valence electrons. The zero-order valence-corrected chi connectivity index (χ0v) is 12.7. The lowest BCUT2D eigenvalue weighted by atomic mass is 9.97. The molecule has 3 rings (SSSR count). The van der Waals surface area contributed by atoms with Crippen molar-refractivity contribution in [2.45, 2.75) is 6.18 Å². The van der Waals surface area contributed by atoms with Gasteiger partial charge in [0.1, 0.15) is 5.82 Å². The highest BCUT2D eigenvalue weighted by atomic mass is 19.4. The summed E-state index contributed by atoms with van der Waals surface area (Å²) in [6, 6.07) is 7.01. The van der Waals surface area contributed by atoms with Crippen LogP contribution in [0.15, 0.2) is 46.7 Å². The van der Waals surface area contributed by atoms with Crippen LogP contribution in [0, 0.1) is 0 Å². The lowest BCUT2D eigenvalue weighted by molar-refractivity contribution is -0.137. The number of nitrogens with zero attached hydrogens (tertiary/aromatic N) is 4. The van der Waals surface area contributed by atoms with Crippen molar-refractivity contribution in [3.8, 4) is 11.1 Å². The molecular weight excluding hydrogens is 319 g/mol. The quantitative estimate of drug-likeness (QED) is 0.918. The van der Waals surface area contributed by atoms with Crippen molar-refractivity contribution in [2.75, 3.05) is 19.3 Å². The Balaban J connectivity index is 2.15. The van der Waals surface area contributed by atoms with E-state index in [0.717, 1.165) is 6.07 Å². The summed E-state index contributed by atoms with van der Waals surface area (Å²) in [4.78, 5) is 5.54. The number of hydrogen-bond donors (Lipinski definition) is 1. The molecule has 5 nitrogen and oxygen atoms in total. The molecule has 0 amide bonds. The second-order valence-electron chi connectivity index (χ2n) is 5.33. The van der Waals surface area contributed by atoms with Gasteiger partial charge in [0, 0.05) is 25.0 Å². The minimum absolute atomic E-state index is 0.0444. The molecule has 0 aliphatic carbocycles. The average Bonchev–Trinajstić information content (AvgIpc) is 2.54. The summed E-state index contributed by atoms with van der Waals surface area (Å²) in [6.07, 6.45) is -1.55. The number of hydrogen-bond acceptors (Lipinski definition) is 5. The zero-order valence-electron chi connectivity index (χ0n) is 12.7. The molecule has 24 heavy (non-hydrogen) atoms. The molecule has 0 saturated carbocycles. The van der Waals surface area contributed by atoms with Gasteiger partial charge in [-0.05, 0) is 29.3 Å². The summed E-state index contributed by atoms with van der Waals surface area (Å²) in [5, 5.41) is 7.72. The summed E-state index contributed by atoms with van der Waals surface area (Å²) >= 11 is 0. The summed E-state index contributed by atoms with van der Waals surface area (Å²) in [6.45, 7) is 0.489. The monoisotopic (exact) mass is 333 g/mol. The van der Waals surface area contributed by atoms with Crippen LogP contribution in [0.25, 0.3) is 11.1 Å². The second kappa shape index (κ2) is 5.95. The average molecular weight is 333 g/mol. The SMILES string of the molecule is CN1CC=NN=C1c1ccc(-c2ccnc(N)c2)c(C(F)(F)F)c1. The van der Waals surface area contributed by atoms with Crippen molar-refractivity contribution in [1.29, 1.82) is 0 Å². The van der Waals surface area contributed by atoms with Crippen LogP contribution in [-0.2, 0) is 6.18 Å². The Hall–Kier alpha value is -2.90. The van der Waals surface area contributed by atoms with Crippen LogP contribution in [0.4, 0.5) is 19.0 Å². The highest BCUT2D eigenvalue weighted by Gasteiger charge is 2.34. The van der Waals surface area contributed by atoms with Gasteiger partial charge in [-0.25, -0.2) is 4.98 Å². The number of benzene rings is 1. The van der Waals surface area contributed by atoms with Gasteiger partial charge in [-0.15, -0.1) is 5.10 Å². The highest BCUT2D eigenvalue weighted by Crippen LogP contribution is 2.38. The summed E-state index contributed by atoms with van der Waals surface area (Å²) in [5.74, 6) is 0.555. The van der Waals surface area contributed by atoms with E-state index in [9.17, 15) is 13.2 Å². The predicted molar refractivity (Wildman–Crippen MR) is 86.7 cm³/mol. The van der Waals surface area contributed by atoms with Crippen molar-refractivity contribution in [2.24, 2.45) is 10.2 Å².